The van der Waals surface area contributed by atoms with Crippen molar-refractivity contribution in [2.75, 3.05) is 19.0 Å². The van der Waals surface area contributed by atoms with Crippen molar-refractivity contribution in [3.8, 4) is 0 Å². The van der Waals surface area contributed by atoms with E-state index in [2.05, 4.69) is 27.9 Å². The van der Waals surface area contributed by atoms with Crippen LogP contribution in [0.1, 0.15) is 6.42 Å². The summed E-state index contributed by atoms with van der Waals surface area (Å²) in [4.78, 5) is 13.9. The summed E-state index contributed by atoms with van der Waals surface area (Å²) in [6, 6.07) is 6.97. The fraction of sp³-hybridized carbons (Fsp3) is 0.417. The van der Waals surface area contributed by atoms with E-state index in [4.69, 9.17) is 16.3 Å². The smallest absolute Gasteiger partial charge is 0.322 e. The number of anilines is 1. The summed E-state index contributed by atoms with van der Waals surface area (Å²) in [5.41, 5.74) is 0.744. The lowest BCUT2D eigenvalue weighted by molar-refractivity contribution is 0.111. The standard InChI is InChI=1S/C12H14ClIN2O2/c1-18-10-6-11(14)16(7-10)12(17)15-9-4-2-8(13)3-5-9/h2-5,10-11H,6-7H2,1H3,(H,15,17)/t10-,11-/m1/s1. The largest absolute Gasteiger partial charge is 0.380 e. The van der Waals surface area contributed by atoms with Crippen molar-refractivity contribution >= 4 is 45.9 Å². The quantitative estimate of drug-likeness (QED) is 0.486. The molecule has 0 spiro atoms. The lowest BCUT2D eigenvalue weighted by atomic mass is 10.3. The van der Waals surface area contributed by atoms with E-state index in [9.17, 15) is 4.79 Å². The van der Waals surface area contributed by atoms with Crippen LogP contribution in [0, 0.1) is 0 Å². The first-order chi connectivity index (χ1) is 8.60. The summed E-state index contributed by atoms with van der Waals surface area (Å²) in [6.07, 6.45) is 0.994. The van der Waals surface area contributed by atoms with Crippen molar-refractivity contribution in [2.45, 2.75) is 16.6 Å². The minimum absolute atomic E-state index is 0.101. The summed E-state index contributed by atoms with van der Waals surface area (Å²) >= 11 is 8.06. The molecule has 0 saturated carbocycles. The van der Waals surface area contributed by atoms with E-state index in [0.29, 0.717) is 11.6 Å². The molecule has 1 aromatic rings. The van der Waals surface area contributed by atoms with Gasteiger partial charge in [0.1, 0.15) is 0 Å². The number of likely N-dealkylation sites (tertiary alicyclic amines) is 1. The fourth-order valence-corrected chi connectivity index (χ4v) is 3.04. The summed E-state index contributed by atoms with van der Waals surface area (Å²) < 4.78 is 5.45. The van der Waals surface area contributed by atoms with Crippen LogP contribution in [0.4, 0.5) is 10.5 Å². The second kappa shape index (κ2) is 6.08. The Hall–Kier alpha value is -0.530. The van der Waals surface area contributed by atoms with Gasteiger partial charge in [-0.15, -0.1) is 0 Å². The van der Waals surface area contributed by atoms with E-state index >= 15 is 0 Å². The number of hydrogen-bond acceptors (Lipinski definition) is 2. The Kier molecular flexibility index (Phi) is 4.69. The molecule has 0 aliphatic carbocycles. The average molecular weight is 381 g/mol. The molecule has 98 valence electrons. The minimum atomic E-state index is -0.101. The highest BCUT2D eigenvalue weighted by molar-refractivity contribution is 14.1. The van der Waals surface area contributed by atoms with Crippen LogP contribution in [0.2, 0.25) is 5.02 Å². The first kappa shape index (κ1) is 13.9. The number of carbonyl (C=O) groups excluding carboxylic acids is 1. The van der Waals surface area contributed by atoms with Crippen LogP contribution in [-0.4, -0.2) is 34.7 Å². The van der Waals surface area contributed by atoms with Crippen molar-refractivity contribution in [1.82, 2.24) is 4.90 Å². The normalized spacial score (nSPS) is 23.2. The lowest BCUT2D eigenvalue weighted by Gasteiger charge is -2.20. The van der Waals surface area contributed by atoms with Gasteiger partial charge in [0.2, 0.25) is 0 Å². The number of carbonyl (C=O) groups is 1. The second-order valence-electron chi connectivity index (χ2n) is 4.12. The van der Waals surface area contributed by atoms with Crippen molar-refractivity contribution in [1.29, 1.82) is 0 Å². The van der Waals surface area contributed by atoms with Crippen molar-refractivity contribution in [2.24, 2.45) is 0 Å². The summed E-state index contributed by atoms with van der Waals surface area (Å²) in [5, 5.41) is 3.51. The second-order valence-corrected chi connectivity index (χ2v) is 5.99. The summed E-state index contributed by atoms with van der Waals surface area (Å²) in [5.74, 6) is 0. The number of amides is 2. The fourth-order valence-electron chi connectivity index (χ4n) is 1.86. The van der Waals surface area contributed by atoms with Gasteiger partial charge in [-0.2, -0.15) is 0 Å². The Morgan fingerprint density at radius 1 is 1.50 bits per heavy atom. The van der Waals surface area contributed by atoms with Crippen molar-refractivity contribution < 1.29 is 9.53 Å². The Morgan fingerprint density at radius 3 is 2.72 bits per heavy atom. The van der Waals surface area contributed by atoms with Crippen molar-refractivity contribution in [3.63, 3.8) is 0 Å². The van der Waals surface area contributed by atoms with Crippen LogP contribution in [0.15, 0.2) is 24.3 Å². The van der Waals surface area contributed by atoms with Gasteiger partial charge in [-0.05, 0) is 24.3 Å². The number of hydrogen-bond donors (Lipinski definition) is 1. The highest BCUT2D eigenvalue weighted by atomic mass is 127. The first-order valence-corrected chi connectivity index (χ1v) is 7.22. The lowest BCUT2D eigenvalue weighted by Crippen LogP contribution is -2.36. The van der Waals surface area contributed by atoms with Gasteiger partial charge in [0.05, 0.1) is 10.2 Å². The molecule has 1 heterocycles. The summed E-state index contributed by atoms with van der Waals surface area (Å²) in [6.45, 7) is 0.629. The molecule has 1 saturated heterocycles. The molecule has 2 atom stereocenters. The van der Waals surface area contributed by atoms with E-state index in [1.165, 1.54) is 0 Å². The number of ether oxygens (including phenoxy) is 1. The third-order valence-corrected chi connectivity index (χ3v) is 4.32. The predicted molar refractivity (Wildman–Crippen MR) is 80.4 cm³/mol. The molecule has 2 amide bonds. The molecule has 0 unspecified atom stereocenters. The monoisotopic (exact) mass is 380 g/mol. The Bertz CT molecular complexity index is 427. The van der Waals surface area contributed by atoms with E-state index in [1.54, 1.807) is 36.3 Å². The molecule has 0 radical (unpaired) electrons. The van der Waals surface area contributed by atoms with Gasteiger partial charge in [-0.1, -0.05) is 34.2 Å². The van der Waals surface area contributed by atoms with E-state index < -0.39 is 0 Å². The number of nitrogens with zero attached hydrogens (tertiary/aromatic N) is 1. The maximum absolute atomic E-state index is 12.1. The number of urea groups is 1. The maximum Gasteiger partial charge on any atom is 0.322 e. The van der Waals surface area contributed by atoms with Crippen LogP contribution in [0.25, 0.3) is 0 Å². The first-order valence-electron chi connectivity index (χ1n) is 5.60. The maximum atomic E-state index is 12.1. The predicted octanol–water partition coefficient (Wildman–Crippen LogP) is 3.35. The van der Waals surface area contributed by atoms with Gasteiger partial charge >= 0.3 is 6.03 Å². The molecule has 18 heavy (non-hydrogen) atoms. The number of halogens is 2. The summed E-state index contributed by atoms with van der Waals surface area (Å²) in [7, 11) is 1.68. The molecular weight excluding hydrogens is 367 g/mol. The average Bonchev–Trinajstić information content (AvgIpc) is 2.73. The third-order valence-electron chi connectivity index (χ3n) is 2.89. The molecule has 1 aliphatic heterocycles. The van der Waals surface area contributed by atoms with Gasteiger partial charge in [0.15, 0.2) is 0 Å². The molecule has 1 aliphatic rings. The Labute approximate surface area is 125 Å². The molecule has 2 rings (SSSR count). The van der Waals surface area contributed by atoms with E-state index in [1.807, 2.05) is 0 Å². The van der Waals surface area contributed by atoms with Gasteiger partial charge in [0, 0.05) is 30.8 Å². The number of methoxy groups -OCH3 is 1. The number of alkyl halides is 1. The highest BCUT2D eigenvalue weighted by Gasteiger charge is 2.33. The van der Waals surface area contributed by atoms with Crippen molar-refractivity contribution in [3.05, 3.63) is 29.3 Å². The number of benzene rings is 1. The van der Waals surface area contributed by atoms with Gasteiger partial charge in [0.25, 0.3) is 0 Å². The van der Waals surface area contributed by atoms with E-state index in [-0.39, 0.29) is 16.2 Å². The number of nitrogens with one attached hydrogen (secondary N) is 1. The molecular formula is C12H14ClIN2O2. The molecule has 1 N–H and O–H groups in total. The highest BCUT2D eigenvalue weighted by Crippen LogP contribution is 2.25. The van der Waals surface area contributed by atoms with Gasteiger partial charge < -0.3 is 15.0 Å². The molecule has 1 aromatic carbocycles. The van der Waals surface area contributed by atoms with E-state index in [0.717, 1.165) is 12.1 Å². The zero-order valence-corrected chi connectivity index (χ0v) is 12.8. The molecule has 0 aromatic heterocycles. The van der Waals surface area contributed by atoms with Gasteiger partial charge in [-0.3, -0.25) is 0 Å². The van der Waals surface area contributed by atoms with Crippen LogP contribution in [0.3, 0.4) is 0 Å². The topological polar surface area (TPSA) is 41.6 Å². The molecule has 6 heteroatoms. The number of rotatable bonds is 2. The van der Waals surface area contributed by atoms with Gasteiger partial charge in [-0.25, -0.2) is 4.79 Å². The van der Waals surface area contributed by atoms with Crippen LogP contribution >= 0.6 is 34.2 Å². The third kappa shape index (κ3) is 3.27. The van der Waals surface area contributed by atoms with Crippen LogP contribution in [0.5, 0.6) is 0 Å². The van der Waals surface area contributed by atoms with Crippen LogP contribution < -0.4 is 5.32 Å². The Balaban J connectivity index is 1.98. The molecule has 1 fully saturated rings. The zero-order chi connectivity index (χ0) is 13.1. The molecule has 0 bridgehead atoms. The SMILES string of the molecule is CO[C@@H]1C[C@H](I)N(C(=O)Nc2ccc(Cl)cc2)C1. The van der Waals surface area contributed by atoms with Crippen LogP contribution in [-0.2, 0) is 4.74 Å². The minimum Gasteiger partial charge on any atom is -0.380 e. The zero-order valence-electron chi connectivity index (χ0n) is 9.90. The molecule has 4 nitrogen and oxygen atoms in total. The Morgan fingerprint density at radius 2 is 2.17 bits per heavy atom.